The average molecular weight is 410 g/mol. The van der Waals surface area contributed by atoms with Gasteiger partial charge in [0.1, 0.15) is 5.76 Å². The van der Waals surface area contributed by atoms with E-state index in [0.29, 0.717) is 17.4 Å². The minimum absolute atomic E-state index is 0.0686. The van der Waals surface area contributed by atoms with Gasteiger partial charge in [0.15, 0.2) is 5.11 Å². The highest BCUT2D eigenvalue weighted by molar-refractivity contribution is 7.80. The van der Waals surface area contributed by atoms with Gasteiger partial charge >= 0.3 is 6.18 Å². The second-order valence-electron chi connectivity index (χ2n) is 5.91. The van der Waals surface area contributed by atoms with Crippen LogP contribution in [0, 0.1) is 0 Å². The second-order valence-corrected chi connectivity index (χ2v) is 7.27. The first-order chi connectivity index (χ1) is 12.8. The normalized spacial score (nSPS) is 12.6. The van der Waals surface area contributed by atoms with Crippen molar-refractivity contribution >= 4 is 34.4 Å². The first-order valence-corrected chi connectivity index (χ1v) is 9.44. The predicted octanol–water partition coefficient (Wildman–Crippen LogP) is 6.32. The Balaban J connectivity index is 1.82. The third kappa shape index (κ3) is 4.90. The maximum atomic E-state index is 12.9. The van der Waals surface area contributed by atoms with Crippen LogP contribution in [0.2, 0.25) is 0 Å². The standard InChI is InChI=1S/C19H17F3N2OS2/c1-13(17-8-4-10-27-17)24(12-16-7-3-9-25-16)18(26)23-15-6-2-5-14(11-15)19(20,21)22/h2-11,13H,12H2,1H3,(H,23,26). The van der Waals surface area contributed by atoms with Crippen LogP contribution in [0.25, 0.3) is 0 Å². The monoisotopic (exact) mass is 410 g/mol. The molecule has 0 amide bonds. The maximum absolute atomic E-state index is 12.9. The van der Waals surface area contributed by atoms with E-state index in [4.69, 9.17) is 16.6 Å². The van der Waals surface area contributed by atoms with Crippen molar-refractivity contribution in [3.8, 4) is 0 Å². The SMILES string of the molecule is CC(c1cccs1)N(Cc1ccco1)C(=S)Nc1cccc(C(F)(F)F)c1. The fraction of sp³-hybridized carbons (Fsp3) is 0.211. The summed E-state index contributed by atoms with van der Waals surface area (Å²) in [5, 5.41) is 5.23. The molecule has 3 aromatic rings. The number of benzene rings is 1. The lowest BCUT2D eigenvalue weighted by molar-refractivity contribution is -0.137. The number of alkyl halides is 3. The minimum Gasteiger partial charge on any atom is -0.467 e. The van der Waals surface area contributed by atoms with Gasteiger partial charge in [-0.3, -0.25) is 0 Å². The lowest BCUT2D eigenvalue weighted by Gasteiger charge is -2.30. The summed E-state index contributed by atoms with van der Waals surface area (Å²) in [6, 6.07) is 12.5. The summed E-state index contributed by atoms with van der Waals surface area (Å²) in [6.07, 6.45) is -2.83. The van der Waals surface area contributed by atoms with E-state index in [1.54, 1.807) is 29.7 Å². The van der Waals surface area contributed by atoms with Gasteiger partial charge in [-0.05, 0) is 60.9 Å². The molecular formula is C19H17F3N2OS2. The quantitative estimate of drug-likeness (QED) is 0.498. The van der Waals surface area contributed by atoms with Crippen molar-refractivity contribution in [2.45, 2.75) is 25.7 Å². The summed E-state index contributed by atoms with van der Waals surface area (Å²) in [6.45, 7) is 2.39. The zero-order valence-corrected chi connectivity index (χ0v) is 16.0. The average Bonchev–Trinajstić information content (AvgIpc) is 3.32. The molecule has 1 aromatic carbocycles. The van der Waals surface area contributed by atoms with Gasteiger partial charge in [-0.15, -0.1) is 11.3 Å². The van der Waals surface area contributed by atoms with E-state index in [2.05, 4.69) is 5.32 Å². The van der Waals surface area contributed by atoms with Crippen molar-refractivity contribution in [1.29, 1.82) is 0 Å². The summed E-state index contributed by atoms with van der Waals surface area (Å²) in [7, 11) is 0. The molecule has 3 rings (SSSR count). The van der Waals surface area contributed by atoms with Gasteiger partial charge in [-0.2, -0.15) is 13.2 Å². The van der Waals surface area contributed by atoms with Crippen LogP contribution in [0.4, 0.5) is 18.9 Å². The summed E-state index contributed by atoms with van der Waals surface area (Å²) in [5.41, 5.74) is -0.433. The van der Waals surface area contributed by atoms with E-state index in [9.17, 15) is 13.2 Å². The Bertz CT molecular complexity index is 877. The molecule has 3 nitrogen and oxygen atoms in total. The van der Waals surface area contributed by atoms with Gasteiger partial charge in [0.2, 0.25) is 0 Å². The summed E-state index contributed by atoms with van der Waals surface area (Å²) >= 11 is 7.11. The molecule has 1 atom stereocenters. The van der Waals surface area contributed by atoms with Gasteiger partial charge in [0.05, 0.1) is 24.4 Å². The van der Waals surface area contributed by atoms with Gasteiger partial charge in [-0.1, -0.05) is 12.1 Å². The molecule has 8 heteroatoms. The molecule has 2 aromatic heterocycles. The Kier molecular flexibility index (Phi) is 5.86. The topological polar surface area (TPSA) is 28.4 Å². The Morgan fingerprint density at radius 1 is 1.22 bits per heavy atom. The van der Waals surface area contributed by atoms with E-state index >= 15 is 0 Å². The molecule has 1 unspecified atom stereocenters. The van der Waals surface area contributed by atoms with E-state index in [1.165, 1.54) is 6.07 Å². The van der Waals surface area contributed by atoms with Crippen molar-refractivity contribution in [1.82, 2.24) is 4.90 Å². The van der Waals surface area contributed by atoms with Crippen LogP contribution >= 0.6 is 23.6 Å². The van der Waals surface area contributed by atoms with Gasteiger partial charge in [-0.25, -0.2) is 0 Å². The molecule has 0 saturated heterocycles. The maximum Gasteiger partial charge on any atom is 0.416 e. The number of furan rings is 1. The van der Waals surface area contributed by atoms with Gasteiger partial charge < -0.3 is 14.6 Å². The smallest absolute Gasteiger partial charge is 0.416 e. The fourth-order valence-electron chi connectivity index (χ4n) is 2.61. The van der Waals surface area contributed by atoms with Crippen molar-refractivity contribution in [3.63, 3.8) is 0 Å². The number of thiocarbonyl (C=S) groups is 1. The molecule has 0 aliphatic rings. The highest BCUT2D eigenvalue weighted by Crippen LogP contribution is 2.31. The molecule has 0 aliphatic heterocycles. The Labute approximate surface area is 164 Å². The Morgan fingerprint density at radius 3 is 2.67 bits per heavy atom. The summed E-state index contributed by atoms with van der Waals surface area (Å²) in [4.78, 5) is 2.98. The highest BCUT2D eigenvalue weighted by Gasteiger charge is 2.30. The number of anilines is 1. The summed E-state index contributed by atoms with van der Waals surface area (Å²) < 4.78 is 44.3. The number of thiophene rings is 1. The van der Waals surface area contributed by atoms with Crippen molar-refractivity contribution < 1.29 is 17.6 Å². The van der Waals surface area contributed by atoms with Gasteiger partial charge in [0, 0.05) is 10.6 Å². The second kappa shape index (κ2) is 8.14. The molecule has 0 fully saturated rings. The number of nitrogens with zero attached hydrogens (tertiary/aromatic N) is 1. The van der Waals surface area contributed by atoms with Crippen LogP contribution in [0.15, 0.2) is 64.6 Å². The summed E-state index contributed by atoms with van der Waals surface area (Å²) in [5.74, 6) is 0.714. The van der Waals surface area contributed by atoms with Crippen LogP contribution in [0.1, 0.15) is 29.2 Å². The van der Waals surface area contributed by atoms with Crippen LogP contribution in [0.3, 0.4) is 0 Å². The van der Waals surface area contributed by atoms with E-state index in [1.807, 2.05) is 35.4 Å². The van der Waals surface area contributed by atoms with Crippen molar-refractivity contribution in [2.24, 2.45) is 0 Å². The predicted molar refractivity (Wildman–Crippen MR) is 105 cm³/mol. The highest BCUT2D eigenvalue weighted by atomic mass is 32.1. The third-order valence-corrected chi connectivity index (χ3v) is 5.41. The molecule has 142 valence electrons. The zero-order chi connectivity index (χ0) is 19.4. The lowest BCUT2D eigenvalue weighted by atomic mass is 10.2. The minimum atomic E-state index is -4.41. The Hall–Kier alpha value is -2.32. The van der Waals surface area contributed by atoms with Crippen LogP contribution in [-0.2, 0) is 12.7 Å². The molecular weight excluding hydrogens is 393 g/mol. The number of halogens is 3. The molecule has 1 N–H and O–H groups in total. The fourth-order valence-corrected chi connectivity index (χ4v) is 3.74. The number of hydrogen-bond donors (Lipinski definition) is 1. The molecule has 0 radical (unpaired) electrons. The van der Waals surface area contributed by atoms with Crippen LogP contribution < -0.4 is 5.32 Å². The molecule has 0 bridgehead atoms. The molecule has 0 aliphatic carbocycles. The van der Waals surface area contributed by atoms with Crippen LogP contribution in [0.5, 0.6) is 0 Å². The first kappa shape index (κ1) is 19.4. The molecule has 0 spiro atoms. The molecule has 0 saturated carbocycles. The molecule has 27 heavy (non-hydrogen) atoms. The van der Waals surface area contributed by atoms with Crippen molar-refractivity contribution in [2.75, 3.05) is 5.32 Å². The lowest BCUT2D eigenvalue weighted by Crippen LogP contribution is -2.36. The number of nitrogens with one attached hydrogen (secondary N) is 1. The largest absolute Gasteiger partial charge is 0.467 e. The number of hydrogen-bond acceptors (Lipinski definition) is 3. The first-order valence-electron chi connectivity index (χ1n) is 8.15. The Morgan fingerprint density at radius 2 is 2.04 bits per heavy atom. The van der Waals surface area contributed by atoms with Crippen LogP contribution in [-0.4, -0.2) is 10.0 Å². The zero-order valence-electron chi connectivity index (χ0n) is 14.4. The van der Waals surface area contributed by atoms with Crippen molar-refractivity contribution in [3.05, 3.63) is 76.4 Å². The van der Waals surface area contributed by atoms with E-state index in [-0.39, 0.29) is 11.7 Å². The number of rotatable bonds is 5. The van der Waals surface area contributed by atoms with E-state index in [0.717, 1.165) is 17.0 Å². The molecule has 2 heterocycles. The van der Waals surface area contributed by atoms with Gasteiger partial charge in [0.25, 0.3) is 0 Å². The third-order valence-electron chi connectivity index (χ3n) is 4.03. The van der Waals surface area contributed by atoms with E-state index < -0.39 is 11.7 Å².